The number of benzene rings is 1. The fourth-order valence-corrected chi connectivity index (χ4v) is 2.33. The number of carbonyl (C=O) groups is 1. The summed E-state index contributed by atoms with van der Waals surface area (Å²) in [7, 11) is 0. The van der Waals surface area contributed by atoms with Crippen molar-refractivity contribution < 1.29 is 9.90 Å². The number of hydrogen-bond donors (Lipinski definition) is 2. The highest BCUT2D eigenvalue weighted by molar-refractivity contribution is 14.1. The van der Waals surface area contributed by atoms with Gasteiger partial charge in [-0.05, 0) is 59.5 Å². The van der Waals surface area contributed by atoms with E-state index in [-0.39, 0.29) is 11.7 Å². The summed E-state index contributed by atoms with van der Waals surface area (Å²) in [5.41, 5.74) is 0.343. The third-order valence-corrected chi connectivity index (χ3v) is 4.40. The Morgan fingerprint density at radius 1 is 1.56 bits per heavy atom. The summed E-state index contributed by atoms with van der Waals surface area (Å²) in [5, 5.41) is 13.4. The number of nitrogens with one attached hydrogen (secondary N) is 1. The maximum absolute atomic E-state index is 11.8. The summed E-state index contributed by atoms with van der Waals surface area (Å²) >= 11 is 5.55. The van der Waals surface area contributed by atoms with Crippen LogP contribution in [-0.4, -0.2) is 22.9 Å². The molecule has 0 saturated heterocycles. The number of phenolic OH excluding ortho intramolecular Hbond substituents is 1. The van der Waals surface area contributed by atoms with Gasteiger partial charge in [0, 0.05) is 15.4 Å². The molecule has 2 N–H and O–H groups in total. The van der Waals surface area contributed by atoms with Gasteiger partial charge >= 0.3 is 0 Å². The van der Waals surface area contributed by atoms with Crippen molar-refractivity contribution in [2.24, 2.45) is 5.92 Å². The molecule has 1 rings (SSSR count). The van der Waals surface area contributed by atoms with Gasteiger partial charge < -0.3 is 10.4 Å². The number of rotatable bonds is 6. The second-order valence-electron chi connectivity index (χ2n) is 4.32. The Balaban J connectivity index is 2.43. The van der Waals surface area contributed by atoms with E-state index >= 15 is 0 Å². The van der Waals surface area contributed by atoms with Crippen LogP contribution in [0, 0.1) is 9.49 Å². The minimum absolute atomic E-state index is 0.0294. The molecule has 1 atom stereocenters. The van der Waals surface area contributed by atoms with Gasteiger partial charge in [-0.3, -0.25) is 4.79 Å². The van der Waals surface area contributed by atoms with Crippen LogP contribution in [0.4, 0.5) is 0 Å². The van der Waals surface area contributed by atoms with Crippen LogP contribution in [-0.2, 0) is 0 Å². The zero-order valence-electron chi connectivity index (χ0n) is 10.2. The molecular formula is C13H17BrINO2. The van der Waals surface area contributed by atoms with E-state index in [1.807, 2.05) is 0 Å². The van der Waals surface area contributed by atoms with Crippen molar-refractivity contribution in [3.05, 3.63) is 27.3 Å². The molecule has 1 unspecified atom stereocenters. The van der Waals surface area contributed by atoms with Crippen molar-refractivity contribution in [3.63, 3.8) is 0 Å². The van der Waals surface area contributed by atoms with Gasteiger partial charge in [0.15, 0.2) is 0 Å². The van der Waals surface area contributed by atoms with Crippen LogP contribution < -0.4 is 5.32 Å². The highest BCUT2D eigenvalue weighted by Gasteiger charge is 2.10. The Hall–Kier alpha value is -0.300. The predicted octanol–water partition coefficient (Wildman–Crippen LogP) is 3.54. The SMILES string of the molecule is CC(CBr)CCCNC(=O)c1cc(I)ccc1O. The minimum Gasteiger partial charge on any atom is -0.507 e. The van der Waals surface area contributed by atoms with E-state index in [0.29, 0.717) is 18.0 Å². The Kier molecular flexibility index (Phi) is 6.99. The lowest BCUT2D eigenvalue weighted by Gasteiger charge is -2.09. The van der Waals surface area contributed by atoms with Crippen LogP contribution in [0.15, 0.2) is 18.2 Å². The highest BCUT2D eigenvalue weighted by Crippen LogP contribution is 2.19. The van der Waals surface area contributed by atoms with Crippen LogP contribution in [0.25, 0.3) is 0 Å². The summed E-state index contributed by atoms with van der Waals surface area (Å²) in [6, 6.07) is 5.00. The monoisotopic (exact) mass is 425 g/mol. The average Bonchev–Trinajstić information content (AvgIpc) is 2.36. The van der Waals surface area contributed by atoms with E-state index < -0.39 is 0 Å². The predicted molar refractivity (Wildman–Crippen MR) is 85.3 cm³/mol. The number of carbonyl (C=O) groups excluding carboxylic acids is 1. The molecule has 0 fully saturated rings. The third kappa shape index (κ3) is 5.14. The topological polar surface area (TPSA) is 49.3 Å². The van der Waals surface area contributed by atoms with E-state index in [9.17, 15) is 9.90 Å². The van der Waals surface area contributed by atoms with E-state index in [4.69, 9.17) is 0 Å². The first-order chi connectivity index (χ1) is 8.54. The summed E-state index contributed by atoms with van der Waals surface area (Å²) in [5.74, 6) is 0.437. The van der Waals surface area contributed by atoms with Crippen LogP contribution in [0.2, 0.25) is 0 Å². The lowest BCUT2D eigenvalue weighted by molar-refractivity contribution is 0.0950. The molecule has 0 spiro atoms. The molecule has 100 valence electrons. The molecule has 1 aromatic rings. The Bertz CT molecular complexity index is 412. The number of aromatic hydroxyl groups is 1. The average molecular weight is 426 g/mol. The van der Waals surface area contributed by atoms with E-state index in [0.717, 1.165) is 21.7 Å². The minimum atomic E-state index is -0.211. The van der Waals surface area contributed by atoms with Gasteiger partial charge in [0.1, 0.15) is 5.75 Å². The molecule has 0 aromatic heterocycles. The van der Waals surface area contributed by atoms with Crippen LogP contribution in [0.5, 0.6) is 5.75 Å². The third-order valence-electron chi connectivity index (χ3n) is 2.63. The summed E-state index contributed by atoms with van der Waals surface area (Å²) < 4.78 is 0.934. The van der Waals surface area contributed by atoms with Gasteiger partial charge in [0.05, 0.1) is 5.56 Å². The van der Waals surface area contributed by atoms with Gasteiger partial charge in [0.25, 0.3) is 5.91 Å². The molecule has 0 aliphatic rings. The molecule has 1 aromatic carbocycles. The van der Waals surface area contributed by atoms with Gasteiger partial charge in [-0.15, -0.1) is 0 Å². The zero-order valence-corrected chi connectivity index (χ0v) is 14.0. The Labute approximate surface area is 130 Å². The van der Waals surface area contributed by atoms with Crippen molar-refractivity contribution in [2.75, 3.05) is 11.9 Å². The number of phenols is 1. The Morgan fingerprint density at radius 3 is 2.94 bits per heavy atom. The van der Waals surface area contributed by atoms with E-state index in [1.54, 1.807) is 18.2 Å². The van der Waals surface area contributed by atoms with Gasteiger partial charge in [-0.2, -0.15) is 0 Å². The molecule has 0 bridgehead atoms. The van der Waals surface area contributed by atoms with Crippen molar-refractivity contribution in [2.45, 2.75) is 19.8 Å². The molecule has 0 aliphatic carbocycles. The van der Waals surface area contributed by atoms with Gasteiger partial charge in [0.2, 0.25) is 0 Å². The van der Waals surface area contributed by atoms with Crippen LogP contribution >= 0.6 is 38.5 Å². The first-order valence-corrected chi connectivity index (χ1v) is 8.07. The molecule has 0 heterocycles. The van der Waals surface area contributed by atoms with Gasteiger partial charge in [-0.1, -0.05) is 22.9 Å². The maximum Gasteiger partial charge on any atom is 0.255 e. The largest absolute Gasteiger partial charge is 0.507 e. The van der Waals surface area contributed by atoms with Crippen molar-refractivity contribution in [1.82, 2.24) is 5.32 Å². The molecule has 3 nitrogen and oxygen atoms in total. The van der Waals surface area contributed by atoms with E-state index in [2.05, 4.69) is 50.8 Å². The van der Waals surface area contributed by atoms with Gasteiger partial charge in [-0.25, -0.2) is 0 Å². The standard InChI is InChI=1S/C13H17BrINO2/c1-9(8-14)3-2-6-16-13(18)11-7-10(15)4-5-12(11)17/h4-5,7,9,17H,2-3,6,8H2,1H3,(H,16,18). The lowest BCUT2D eigenvalue weighted by Crippen LogP contribution is -2.25. The number of alkyl halides is 1. The number of hydrogen-bond acceptors (Lipinski definition) is 2. The van der Waals surface area contributed by atoms with Crippen molar-refractivity contribution in [3.8, 4) is 5.75 Å². The van der Waals surface area contributed by atoms with Crippen LogP contribution in [0.3, 0.4) is 0 Å². The lowest BCUT2D eigenvalue weighted by atomic mass is 10.1. The molecule has 1 amide bonds. The van der Waals surface area contributed by atoms with E-state index in [1.165, 1.54) is 0 Å². The highest BCUT2D eigenvalue weighted by atomic mass is 127. The zero-order chi connectivity index (χ0) is 13.5. The second kappa shape index (κ2) is 7.99. The molecule has 0 radical (unpaired) electrons. The first-order valence-electron chi connectivity index (χ1n) is 5.87. The first kappa shape index (κ1) is 15.8. The fraction of sp³-hybridized carbons (Fsp3) is 0.462. The molecule has 0 aliphatic heterocycles. The summed E-state index contributed by atoms with van der Waals surface area (Å²) in [6.45, 7) is 2.81. The van der Waals surface area contributed by atoms with Crippen molar-refractivity contribution >= 4 is 44.4 Å². The number of halogens is 2. The quantitative estimate of drug-likeness (QED) is 0.416. The normalized spacial score (nSPS) is 12.2. The van der Waals surface area contributed by atoms with Crippen LogP contribution in [0.1, 0.15) is 30.1 Å². The Morgan fingerprint density at radius 2 is 2.28 bits per heavy atom. The second-order valence-corrected chi connectivity index (χ2v) is 6.21. The smallest absolute Gasteiger partial charge is 0.255 e. The van der Waals surface area contributed by atoms with Crippen molar-refractivity contribution in [1.29, 1.82) is 0 Å². The fourth-order valence-electron chi connectivity index (χ4n) is 1.51. The number of amides is 1. The summed E-state index contributed by atoms with van der Waals surface area (Å²) in [6.07, 6.45) is 2.02. The maximum atomic E-state index is 11.8. The molecule has 0 saturated carbocycles. The molecular weight excluding hydrogens is 409 g/mol. The molecule has 18 heavy (non-hydrogen) atoms. The molecule has 5 heteroatoms. The summed E-state index contributed by atoms with van der Waals surface area (Å²) in [4.78, 5) is 11.8.